The topological polar surface area (TPSA) is 79.7 Å². The number of ether oxygens (including phenoxy) is 3. The van der Waals surface area contributed by atoms with Crippen LogP contribution >= 0.6 is 11.3 Å². The van der Waals surface area contributed by atoms with Crippen LogP contribution in [0.4, 0.5) is 0 Å². The van der Waals surface area contributed by atoms with Crippen molar-refractivity contribution in [2.75, 3.05) is 14.2 Å². The molecule has 0 spiro atoms. The van der Waals surface area contributed by atoms with Crippen molar-refractivity contribution in [1.82, 2.24) is 9.55 Å². The second-order valence-corrected chi connectivity index (χ2v) is 7.55. The van der Waals surface area contributed by atoms with E-state index in [1.807, 2.05) is 31.4 Å². The number of rotatable bonds is 7. The lowest BCUT2D eigenvalue weighted by Gasteiger charge is -2.17. The van der Waals surface area contributed by atoms with E-state index in [0.29, 0.717) is 28.1 Å². The molecule has 0 aliphatic heterocycles. The molecule has 154 valence electrons. The average molecular weight is 416 g/mol. The van der Waals surface area contributed by atoms with E-state index in [1.54, 1.807) is 27.2 Å². The Balaban J connectivity index is 2.08. The van der Waals surface area contributed by atoms with E-state index in [1.165, 1.54) is 22.2 Å². The van der Waals surface area contributed by atoms with Gasteiger partial charge in [-0.25, -0.2) is 9.78 Å². The molecular weight excluding hydrogens is 392 g/mol. The molecule has 3 rings (SSSR count). The fraction of sp³-hybridized carbons (Fsp3) is 0.381. The van der Waals surface area contributed by atoms with Crippen LogP contribution in [0.25, 0.3) is 21.3 Å². The van der Waals surface area contributed by atoms with Crippen molar-refractivity contribution in [1.29, 1.82) is 0 Å². The Hall–Kier alpha value is -2.87. The standard InChI is InChI=1S/C21H24N2O5S/c1-6-12(2)28-21(25)13(3)23-11-22-19-18(20(23)24)15(10-29-19)14-7-8-16(26-4)17(9-14)27-5/h7-13H,6H2,1-5H3/t12-,13-/m0/s1. The highest BCUT2D eigenvalue weighted by Gasteiger charge is 2.22. The summed E-state index contributed by atoms with van der Waals surface area (Å²) in [7, 11) is 3.13. The summed E-state index contributed by atoms with van der Waals surface area (Å²) in [6.45, 7) is 5.40. The van der Waals surface area contributed by atoms with Crippen molar-refractivity contribution in [3.63, 3.8) is 0 Å². The number of aromatic nitrogens is 2. The lowest BCUT2D eigenvalue weighted by Crippen LogP contribution is -2.31. The summed E-state index contributed by atoms with van der Waals surface area (Å²) < 4.78 is 17.4. The molecule has 7 nitrogen and oxygen atoms in total. The highest BCUT2D eigenvalue weighted by atomic mass is 32.1. The first-order valence-corrected chi connectivity index (χ1v) is 10.2. The van der Waals surface area contributed by atoms with Gasteiger partial charge in [0.05, 0.1) is 32.0 Å². The van der Waals surface area contributed by atoms with Gasteiger partial charge in [0.2, 0.25) is 0 Å². The quantitative estimate of drug-likeness (QED) is 0.541. The Bertz CT molecular complexity index is 1090. The number of carbonyl (C=O) groups excluding carboxylic acids is 1. The number of fused-ring (bicyclic) bond motifs is 1. The Morgan fingerprint density at radius 3 is 2.59 bits per heavy atom. The first-order chi connectivity index (χ1) is 13.9. The third kappa shape index (κ3) is 3.98. The minimum Gasteiger partial charge on any atom is -0.493 e. The Morgan fingerprint density at radius 1 is 1.21 bits per heavy atom. The molecule has 29 heavy (non-hydrogen) atoms. The molecule has 0 amide bonds. The molecule has 0 fully saturated rings. The van der Waals surface area contributed by atoms with Gasteiger partial charge >= 0.3 is 5.97 Å². The molecular formula is C21H24N2O5S. The van der Waals surface area contributed by atoms with E-state index in [4.69, 9.17) is 14.2 Å². The van der Waals surface area contributed by atoms with Gasteiger partial charge < -0.3 is 14.2 Å². The highest BCUT2D eigenvalue weighted by molar-refractivity contribution is 7.17. The van der Waals surface area contributed by atoms with Crippen molar-refractivity contribution in [3.8, 4) is 22.6 Å². The van der Waals surface area contributed by atoms with Crippen molar-refractivity contribution in [3.05, 3.63) is 40.3 Å². The van der Waals surface area contributed by atoms with Crippen LogP contribution < -0.4 is 15.0 Å². The van der Waals surface area contributed by atoms with Crippen molar-refractivity contribution >= 4 is 27.5 Å². The van der Waals surface area contributed by atoms with Crippen molar-refractivity contribution < 1.29 is 19.0 Å². The molecule has 0 saturated heterocycles. The average Bonchev–Trinajstić information content (AvgIpc) is 3.17. The zero-order valence-electron chi connectivity index (χ0n) is 17.1. The van der Waals surface area contributed by atoms with Crippen LogP contribution in [0.1, 0.15) is 33.2 Å². The van der Waals surface area contributed by atoms with Gasteiger partial charge in [-0.3, -0.25) is 9.36 Å². The van der Waals surface area contributed by atoms with E-state index >= 15 is 0 Å². The van der Waals surface area contributed by atoms with E-state index in [-0.39, 0.29) is 11.7 Å². The maximum Gasteiger partial charge on any atom is 0.329 e. The summed E-state index contributed by atoms with van der Waals surface area (Å²) >= 11 is 1.38. The van der Waals surface area contributed by atoms with Gasteiger partial charge in [-0.1, -0.05) is 13.0 Å². The fourth-order valence-electron chi connectivity index (χ4n) is 2.93. The van der Waals surface area contributed by atoms with E-state index in [9.17, 15) is 9.59 Å². The largest absolute Gasteiger partial charge is 0.493 e. The van der Waals surface area contributed by atoms with E-state index in [0.717, 1.165) is 11.1 Å². The smallest absolute Gasteiger partial charge is 0.329 e. The summed E-state index contributed by atoms with van der Waals surface area (Å²) in [5.41, 5.74) is 1.26. The number of hydrogen-bond acceptors (Lipinski definition) is 7. The molecule has 2 atom stereocenters. The molecule has 2 heterocycles. The van der Waals surface area contributed by atoms with Crippen LogP contribution in [-0.4, -0.2) is 35.8 Å². The lowest BCUT2D eigenvalue weighted by atomic mass is 10.1. The van der Waals surface area contributed by atoms with Crippen LogP contribution in [0.2, 0.25) is 0 Å². The Kier molecular flexibility index (Phi) is 6.22. The SMILES string of the molecule is CC[C@H](C)OC(=O)[C@H](C)n1cnc2scc(-c3ccc(OC)c(OC)c3)c2c1=O. The van der Waals surface area contributed by atoms with Gasteiger partial charge in [0.1, 0.15) is 10.9 Å². The number of benzene rings is 1. The van der Waals surface area contributed by atoms with Gasteiger partial charge in [0, 0.05) is 10.9 Å². The number of hydrogen-bond donors (Lipinski definition) is 0. The molecule has 8 heteroatoms. The maximum absolute atomic E-state index is 13.2. The Labute approximate surface area is 172 Å². The van der Waals surface area contributed by atoms with Gasteiger partial charge in [-0.05, 0) is 38.0 Å². The molecule has 0 saturated carbocycles. The van der Waals surface area contributed by atoms with Crippen LogP contribution in [0.15, 0.2) is 34.7 Å². The summed E-state index contributed by atoms with van der Waals surface area (Å²) in [5.74, 6) is 0.720. The lowest BCUT2D eigenvalue weighted by molar-refractivity contribution is -0.152. The van der Waals surface area contributed by atoms with E-state index < -0.39 is 12.0 Å². The van der Waals surface area contributed by atoms with Gasteiger partial charge in [-0.2, -0.15) is 0 Å². The molecule has 0 aliphatic carbocycles. The first-order valence-electron chi connectivity index (χ1n) is 9.32. The minimum atomic E-state index is -0.772. The van der Waals surface area contributed by atoms with Crippen LogP contribution in [-0.2, 0) is 9.53 Å². The van der Waals surface area contributed by atoms with Gasteiger partial charge in [-0.15, -0.1) is 11.3 Å². The second-order valence-electron chi connectivity index (χ2n) is 6.69. The van der Waals surface area contributed by atoms with Crippen molar-refractivity contribution in [2.45, 2.75) is 39.3 Å². The summed E-state index contributed by atoms with van der Waals surface area (Å²) in [5, 5.41) is 2.35. The summed E-state index contributed by atoms with van der Waals surface area (Å²) in [6.07, 6.45) is 1.90. The van der Waals surface area contributed by atoms with Gasteiger partial charge in [0.25, 0.3) is 5.56 Å². The van der Waals surface area contributed by atoms with Gasteiger partial charge in [0.15, 0.2) is 11.5 Å². The summed E-state index contributed by atoms with van der Waals surface area (Å²) in [6, 6.07) is 4.70. The number of esters is 1. The predicted molar refractivity (Wildman–Crippen MR) is 113 cm³/mol. The van der Waals surface area contributed by atoms with Crippen LogP contribution in [0.3, 0.4) is 0 Å². The number of nitrogens with zero attached hydrogens (tertiary/aromatic N) is 2. The molecule has 3 aromatic rings. The minimum absolute atomic E-state index is 0.208. The molecule has 0 bridgehead atoms. The zero-order valence-corrected chi connectivity index (χ0v) is 17.9. The summed E-state index contributed by atoms with van der Waals surface area (Å²) in [4.78, 5) is 30.6. The van der Waals surface area contributed by atoms with Crippen LogP contribution in [0, 0.1) is 0 Å². The normalized spacial score (nSPS) is 13.1. The third-order valence-electron chi connectivity index (χ3n) is 4.86. The maximum atomic E-state index is 13.2. The van der Waals surface area contributed by atoms with E-state index in [2.05, 4.69) is 4.98 Å². The van der Waals surface area contributed by atoms with Crippen molar-refractivity contribution in [2.24, 2.45) is 0 Å². The monoisotopic (exact) mass is 416 g/mol. The number of thiophene rings is 1. The Morgan fingerprint density at radius 2 is 1.93 bits per heavy atom. The fourth-order valence-corrected chi connectivity index (χ4v) is 3.84. The number of carbonyl (C=O) groups is 1. The van der Waals surface area contributed by atoms with Crippen LogP contribution in [0.5, 0.6) is 11.5 Å². The molecule has 0 aliphatic rings. The predicted octanol–water partition coefficient (Wildman–Crippen LogP) is 4.04. The molecule has 0 N–H and O–H groups in total. The molecule has 0 unspecified atom stereocenters. The number of methoxy groups -OCH3 is 2. The molecule has 2 aromatic heterocycles. The second kappa shape index (κ2) is 8.65. The highest BCUT2D eigenvalue weighted by Crippen LogP contribution is 2.36. The molecule has 1 aromatic carbocycles. The zero-order chi connectivity index (χ0) is 21.1. The first kappa shape index (κ1) is 20.9. The molecule has 0 radical (unpaired) electrons. The third-order valence-corrected chi connectivity index (χ3v) is 5.75.